The Morgan fingerprint density at radius 2 is 1.92 bits per heavy atom. The van der Waals surface area contributed by atoms with Crippen molar-refractivity contribution in [1.29, 1.82) is 0 Å². The summed E-state index contributed by atoms with van der Waals surface area (Å²) in [5, 5.41) is 7.41. The van der Waals surface area contributed by atoms with E-state index in [-0.39, 0.29) is 11.6 Å². The first-order chi connectivity index (χ1) is 11.3. The van der Waals surface area contributed by atoms with Crippen LogP contribution in [0.2, 0.25) is 0 Å². The van der Waals surface area contributed by atoms with Gasteiger partial charge in [-0.3, -0.25) is 0 Å². The Morgan fingerprint density at radius 1 is 1.21 bits per heavy atom. The summed E-state index contributed by atoms with van der Waals surface area (Å²) in [5.41, 5.74) is 1.92. The van der Waals surface area contributed by atoms with E-state index in [1.54, 1.807) is 16.6 Å². The molecule has 0 bridgehead atoms. The van der Waals surface area contributed by atoms with Gasteiger partial charge in [-0.1, -0.05) is 24.3 Å². The Labute approximate surface area is 136 Å². The zero-order valence-corrected chi connectivity index (χ0v) is 13.2. The van der Waals surface area contributed by atoms with Crippen molar-refractivity contribution < 1.29 is 13.2 Å². The van der Waals surface area contributed by atoms with Crippen LogP contribution < -0.4 is 5.32 Å². The molecule has 0 spiro atoms. The van der Waals surface area contributed by atoms with E-state index in [1.807, 2.05) is 19.9 Å². The molecule has 5 nitrogen and oxygen atoms in total. The zero-order chi connectivity index (χ0) is 17.3. The lowest BCUT2D eigenvalue weighted by atomic mass is 10.0. The molecule has 1 N–H and O–H groups in total. The first-order valence-corrected chi connectivity index (χ1v) is 7.41. The average molecular weight is 335 g/mol. The van der Waals surface area contributed by atoms with Crippen LogP contribution >= 0.6 is 0 Å². The van der Waals surface area contributed by atoms with Gasteiger partial charge in [0.1, 0.15) is 12.1 Å². The van der Waals surface area contributed by atoms with Gasteiger partial charge in [-0.05, 0) is 25.0 Å². The molecule has 1 unspecified atom stereocenters. The summed E-state index contributed by atoms with van der Waals surface area (Å²) in [6.45, 7) is 3.79. The number of halogens is 3. The second-order valence-corrected chi connectivity index (χ2v) is 5.65. The van der Waals surface area contributed by atoms with E-state index in [1.165, 1.54) is 18.5 Å². The quantitative estimate of drug-likeness (QED) is 0.790. The van der Waals surface area contributed by atoms with Crippen molar-refractivity contribution in [2.45, 2.75) is 32.5 Å². The smallest absolute Gasteiger partial charge is 0.363 e. The van der Waals surface area contributed by atoms with E-state index in [0.29, 0.717) is 5.78 Å². The minimum absolute atomic E-state index is 0.112. The minimum atomic E-state index is -4.20. The average Bonchev–Trinajstić information content (AvgIpc) is 2.94. The largest absolute Gasteiger partial charge is 0.393 e. The number of nitrogens with one attached hydrogen (secondary N) is 1. The highest BCUT2D eigenvalue weighted by Gasteiger charge is 2.27. The summed E-state index contributed by atoms with van der Waals surface area (Å²) in [6.07, 6.45) is -3.69. The van der Waals surface area contributed by atoms with Gasteiger partial charge in [0.25, 0.3) is 5.78 Å². The number of hydrogen-bond donors (Lipinski definition) is 1. The fourth-order valence-corrected chi connectivity index (χ4v) is 2.49. The zero-order valence-electron chi connectivity index (χ0n) is 13.2. The molecule has 1 atom stereocenters. The van der Waals surface area contributed by atoms with Crippen LogP contribution in [-0.2, 0) is 6.42 Å². The maximum atomic E-state index is 12.4. The van der Waals surface area contributed by atoms with Gasteiger partial charge in [0.05, 0.1) is 6.42 Å². The number of benzene rings is 1. The summed E-state index contributed by atoms with van der Waals surface area (Å²) < 4.78 is 38.8. The van der Waals surface area contributed by atoms with Crippen molar-refractivity contribution in [1.82, 2.24) is 19.6 Å². The normalized spacial score (nSPS) is 13.2. The fourth-order valence-electron chi connectivity index (χ4n) is 2.49. The van der Waals surface area contributed by atoms with Gasteiger partial charge in [0.15, 0.2) is 0 Å². The molecule has 2 aromatic heterocycles. The van der Waals surface area contributed by atoms with E-state index >= 15 is 0 Å². The highest BCUT2D eigenvalue weighted by atomic mass is 19.4. The molecule has 0 saturated carbocycles. The predicted molar refractivity (Wildman–Crippen MR) is 83.8 cm³/mol. The molecule has 0 aliphatic rings. The van der Waals surface area contributed by atoms with Gasteiger partial charge in [-0.2, -0.15) is 27.8 Å². The van der Waals surface area contributed by atoms with Crippen LogP contribution in [0.3, 0.4) is 0 Å². The summed E-state index contributed by atoms with van der Waals surface area (Å²) >= 11 is 0. The predicted octanol–water partition coefficient (Wildman–Crippen LogP) is 3.71. The Bertz CT molecular complexity index is 839. The first-order valence-electron chi connectivity index (χ1n) is 7.41. The van der Waals surface area contributed by atoms with Gasteiger partial charge < -0.3 is 5.32 Å². The van der Waals surface area contributed by atoms with Gasteiger partial charge >= 0.3 is 6.18 Å². The van der Waals surface area contributed by atoms with Crippen LogP contribution in [0, 0.1) is 6.92 Å². The number of fused-ring (bicyclic) bond motifs is 1. The minimum Gasteiger partial charge on any atom is -0.363 e. The topological polar surface area (TPSA) is 55.1 Å². The lowest BCUT2D eigenvalue weighted by Gasteiger charge is -2.17. The van der Waals surface area contributed by atoms with Gasteiger partial charge in [-0.15, -0.1) is 0 Å². The number of alkyl halides is 3. The molecule has 0 fully saturated rings. The van der Waals surface area contributed by atoms with Crippen molar-refractivity contribution in [3.05, 3.63) is 53.5 Å². The first kappa shape index (κ1) is 16.2. The molecule has 2 heterocycles. The van der Waals surface area contributed by atoms with Crippen molar-refractivity contribution >= 4 is 11.6 Å². The Balaban J connectivity index is 1.79. The number of hydrogen-bond acceptors (Lipinski definition) is 4. The summed E-state index contributed by atoms with van der Waals surface area (Å²) in [5.74, 6) is 1.21. The third-order valence-corrected chi connectivity index (χ3v) is 3.63. The number of nitrogens with zero attached hydrogens (tertiary/aromatic N) is 4. The Morgan fingerprint density at radius 3 is 2.58 bits per heavy atom. The monoisotopic (exact) mass is 335 g/mol. The molecule has 0 aliphatic carbocycles. The molecular formula is C16H16F3N5. The van der Waals surface area contributed by atoms with Gasteiger partial charge in [-0.25, -0.2) is 4.98 Å². The van der Waals surface area contributed by atoms with Crippen LogP contribution in [0.4, 0.5) is 19.0 Å². The third-order valence-electron chi connectivity index (χ3n) is 3.63. The molecule has 8 heteroatoms. The molecule has 0 radical (unpaired) electrons. The summed E-state index contributed by atoms with van der Waals surface area (Å²) in [4.78, 5) is 8.32. The van der Waals surface area contributed by atoms with E-state index in [4.69, 9.17) is 0 Å². The second-order valence-electron chi connectivity index (χ2n) is 5.65. The highest BCUT2D eigenvalue weighted by molar-refractivity contribution is 5.46. The molecule has 24 heavy (non-hydrogen) atoms. The number of aromatic nitrogens is 4. The van der Waals surface area contributed by atoms with E-state index in [2.05, 4.69) is 20.4 Å². The van der Waals surface area contributed by atoms with Crippen molar-refractivity contribution in [2.75, 3.05) is 5.32 Å². The van der Waals surface area contributed by atoms with Crippen molar-refractivity contribution in [3.8, 4) is 0 Å². The highest BCUT2D eigenvalue weighted by Crippen LogP contribution is 2.24. The molecule has 1 aromatic carbocycles. The maximum absolute atomic E-state index is 12.4. The molecule has 3 aromatic rings. The van der Waals surface area contributed by atoms with Crippen molar-refractivity contribution in [2.24, 2.45) is 0 Å². The lowest BCUT2D eigenvalue weighted by Crippen LogP contribution is -2.13. The number of anilines is 1. The van der Waals surface area contributed by atoms with Gasteiger partial charge in [0.2, 0.25) is 0 Å². The standard InChI is InChI=1S/C16H16F3N5/c1-10-7-14(24-15(22-10)20-9-21-24)23-11(2)13-5-3-12(4-6-13)8-16(17,18)19/h3-7,9,11,23H,8H2,1-2H3. The SMILES string of the molecule is Cc1cc(NC(C)c2ccc(CC(F)(F)F)cc2)n2ncnc2n1. The second kappa shape index (κ2) is 6.10. The van der Waals surface area contributed by atoms with Gasteiger partial charge in [0, 0.05) is 17.8 Å². The van der Waals surface area contributed by atoms with Crippen LogP contribution in [0.5, 0.6) is 0 Å². The number of rotatable bonds is 4. The van der Waals surface area contributed by atoms with E-state index in [0.717, 1.165) is 17.1 Å². The van der Waals surface area contributed by atoms with Crippen LogP contribution in [0.25, 0.3) is 5.78 Å². The molecule has 126 valence electrons. The van der Waals surface area contributed by atoms with E-state index < -0.39 is 12.6 Å². The molecule has 3 rings (SSSR count). The molecule has 0 aliphatic heterocycles. The Hall–Kier alpha value is -2.64. The van der Waals surface area contributed by atoms with Crippen LogP contribution in [0.1, 0.15) is 29.8 Å². The van der Waals surface area contributed by atoms with Crippen molar-refractivity contribution in [3.63, 3.8) is 0 Å². The van der Waals surface area contributed by atoms with Crippen LogP contribution in [0.15, 0.2) is 36.7 Å². The molecule has 0 amide bonds. The third kappa shape index (κ3) is 3.64. The Kier molecular flexibility index (Phi) is 4.13. The summed E-state index contributed by atoms with van der Waals surface area (Å²) in [7, 11) is 0. The fraction of sp³-hybridized carbons (Fsp3) is 0.312. The van der Waals surface area contributed by atoms with Crippen LogP contribution in [-0.4, -0.2) is 25.8 Å². The maximum Gasteiger partial charge on any atom is 0.393 e. The lowest BCUT2D eigenvalue weighted by molar-refractivity contribution is -0.127. The summed E-state index contributed by atoms with van der Waals surface area (Å²) in [6, 6.07) is 8.14. The number of aryl methyl sites for hydroxylation is 1. The van der Waals surface area contributed by atoms with E-state index in [9.17, 15) is 13.2 Å². The molecular weight excluding hydrogens is 319 g/mol. The molecule has 0 saturated heterocycles.